The standard InChI is InChI=1S/C12H11N5O/c13-12-16-9-8(6-14-10(9)11(18)17-12)15-7-4-2-1-3-5-7/h1-6,14-15H,(H3,13,16,17,18). The number of nitrogens with one attached hydrogen (secondary N) is 3. The first-order valence-corrected chi connectivity index (χ1v) is 5.43. The van der Waals surface area contributed by atoms with Crippen LogP contribution in [-0.4, -0.2) is 15.0 Å². The maximum atomic E-state index is 11.6. The lowest BCUT2D eigenvalue weighted by Gasteiger charge is -2.03. The Bertz CT molecular complexity index is 744. The molecule has 3 aromatic rings. The molecule has 0 radical (unpaired) electrons. The van der Waals surface area contributed by atoms with E-state index >= 15 is 0 Å². The van der Waals surface area contributed by atoms with Crippen molar-refractivity contribution in [3.05, 3.63) is 46.9 Å². The summed E-state index contributed by atoms with van der Waals surface area (Å²) in [7, 11) is 0. The van der Waals surface area contributed by atoms with Gasteiger partial charge in [-0.25, -0.2) is 4.98 Å². The first kappa shape index (κ1) is 10.4. The number of aromatic nitrogens is 3. The fourth-order valence-corrected chi connectivity index (χ4v) is 1.80. The molecular weight excluding hydrogens is 230 g/mol. The van der Waals surface area contributed by atoms with Crippen molar-refractivity contribution in [3.8, 4) is 0 Å². The largest absolute Gasteiger partial charge is 0.369 e. The average Bonchev–Trinajstić information content (AvgIpc) is 2.74. The van der Waals surface area contributed by atoms with Crippen molar-refractivity contribution in [2.24, 2.45) is 0 Å². The third-order valence-electron chi connectivity index (χ3n) is 2.61. The summed E-state index contributed by atoms with van der Waals surface area (Å²) in [5.41, 5.74) is 7.82. The zero-order valence-corrected chi connectivity index (χ0v) is 9.40. The molecule has 90 valence electrons. The first-order chi connectivity index (χ1) is 8.74. The Kier molecular flexibility index (Phi) is 2.26. The minimum absolute atomic E-state index is 0.100. The summed E-state index contributed by atoms with van der Waals surface area (Å²) in [6.45, 7) is 0. The zero-order valence-electron chi connectivity index (χ0n) is 9.40. The number of benzene rings is 1. The maximum Gasteiger partial charge on any atom is 0.276 e. The summed E-state index contributed by atoms with van der Waals surface area (Å²) in [6, 6.07) is 9.63. The molecule has 3 rings (SSSR count). The van der Waals surface area contributed by atoms with Gasteiger partial charge in [0.15, 0.2) is 0 Å². The molecule has 2 heterocycles. The molecule has 1 aromatic carbocycles. The summed E-state index contributed by atoms with van der Waals surface area (Å²) < 4.78 is 0. The van der Waals surface area contributed by atoms with E-state index in [0.29, 0.717) is 16.7 Å². The molecule has 5 N–H and O–H groups in total. The minimum atomic E-state index is -0.279. The maximum absolute atomic E-state index is 11.6. The summed E-state index contributed by atoms with van der Waals surface area (Å²) in [4.78, 5) is 21.1. The molecule has 2 aromatic heterocycles. The van der Waals surface area contributed by atoms with E-state index in [1.165, 1.54) is 0 Å². The van der Waals surface area contributed by atoms with Gasteiger partial charge < -0.3 is 16.0 Å². The Morgan fingerprint density at radius 2 is 2.00 bits per heavy atom. The topological polar surface area (TPSA) is 99.6 Å². The molecule has 0 fully saturated rings. The predicted octanol–water partition coefficient (Wildman–Crippen LogP) is 1.58. The number of nitrogens with two attached hydrogens (primary N) is 1. The number of aromatic amines is 2. The fourth-order valence-electron chi connectivity index (χ4n) is 1.80. The van der Waals surface area contributed by atoms with Crippen LogP contribution in [0.4, 0.5) is 17.3 Å². The molecule has 0 amide bonds. The Morgan fingerprint density at radius 1 is 1.22 bits per heavy atom. The summed E-state index contributed by atoms with van der Waals surface area (Å²) in [5, 5.41) is 3.18. The summed E-state index contributed by atoms with van der Waals surface area (Å²) >= 11 is 0. The van der Waals surface area contributed by atoms with Crippen LogP contribution in [0.1, 0.15) is 0 Å². The predicted molar refractivity (Wildman–Crippen MR) is 70.9 cm³/mol. The van der Waals surface area contributed by atoms with Gasteiger partial charge in [0.1, 0.15) is 11.0 Å². The molecular formula is C12H11N5O. The number of hydrogen-bond acceptors (Lipinski definition) is 4. The van der Waals surface area contributed by atoms with Gasteiger partial charge in [0.25, 0.3) is 5.56 Å². The lowest BCUT2D eigenvalue weighted by molar-refractivity contribution is 1.18. The number of hydrogen-bond donors (Lipinski definition) is 4. The molecule has 0 saturated carbocycles. The number of fused-ring (bicyclic) bond motifs is 1. The van der Waals surface area contributed by atoms with Gasteiger partial charge in [-0.3, -0.25) is 9.78 Å². The van der Waals surface area contributed by atoms with Gasteiger partial charge in [0, 0.05) is 11.9 Å². The minimum Gasteiger partial charge on any atom is -0.369 e. The summed E-state index contributed by atoms with van der Waals surface area (Å²) in [6.07, 6.45) is 1.69. The third kappa shape index (κ3) is 1.69. The van der Waals surface area contributed by atoms with Crippen LogP contribution in [0.2, 0.25) is 0 Å². The van der Waals surface area contributed by atoms with Crippen LogP contribution in [0.5, 0.6) is 0 Å². The highest BCUT2D eigenvalue weighted by molar-refractivity contribution is 5.90. The molecule has 0 aliphatic carbocycles. The van der Waals surface area contributed by atoms with E-state index in [-0.39, 0.29) is 11.5 Å². The summed E-state index contributed by atoms with van der Waals surface area (Å²) in [5.74, 6) is 0.100. The lowest BCUT2D eigenvalue weighted by atomic mass is 10.3. The van der Waals surface area contributed by atoms with Crippen molar-refractivity contribution in [2.75, 3.05) is 11.1 Å². The molecule has 6 nitrogen and oxygen atoms in total. The highest BCUT2D eigenvalue weighted by atomic mass is 16.1. The smallest absolute Gasteiger partial charge is 0.276 e. The van der Waals surface area contributed by atoms with Gasteiger partial charge in [0.05, 0.1) is 5.69 Å². The molecule has 0 atom stereocenters. The van der Waals surface area contributed by atoms with Crippen molar-refractivity contribution in [1.82, 2.24) is 15.0 Å². The van der Waals surface area contributed by atoms with Crippen LogP contribution in [0.15, 0.2) is 41.3 Å². The average molecular weight is 241 g/mol. The molecule has 0 unspecified atom stereocenters. The quantitative estimate of drug-likeness (QED) is 0.547. The molecule has 0 aliphatic heterocycles. The van der Waals surface area contributed by atoms with Gasteiger partial charge in [-0.1, -0.05) is 18.2 Å². The van der Waals surface area contributed by atoms with E-state index < -0.39 is 0 Å². The monoisotopic (exact) mass is 241 g/mol. The van der Waals surface area contributed by atoms with Crippen molar-refractivity contribution in [1.29, 1.82) is 0 Å². The van der Waals surface area contributed by atoms with Crippen LogP contribution in [-0.2, 0) is 0 Å². The van der Waals surface area contributed by atoms with E-state index in [1.54, 1.807) is 6.20 Å². The fraction of sp³-hybridized carbons (Fsp3) is 0. The normalized spacial score (nSPS) is 10.7. The molecule has 0 bridgehead atoms. The molecule has 6 heteroatoms. The Balaban J connectivity index is 2.11. The molecule has 0 saturated heterocycles. The van der Waals surface area contributed by atoms with Gasteiger partial charge in [0.2, 0.25) is 5.95 Å². The van der Waals surface area contributed by atoms with E-state index in [9.17, 15) is 4.79 Å². The molecule has 0 aliphatic rings. The van der Waals surface area contributed by atoms with Crippen molar-refractivity contribution in [2.45, 2.75) is 0 Å². The van der Waals surface area contributed by atoms with Crippen LogP contribution < -0.4 is 16.6 Å². The second kappa shape index (κ2) is 3.92. The van der Waals surface area contributed by atoms with Crippen LogP contribution in [0.3, 0.4) is 0 Å². The van der Waals surface area contributed by atoms with Gasteiger partial charge in [-0.2, -0.15) is 0 Å². The van der Waals surface area contributed by atoms with Crippen LogP contribution in [0, 0.1) is 0 Å². The lowest BCUT2D eigenvalue weighted by Crippen LogP contribution is -2.11. The van der Waals surface area contributed by atoms with Crippen molar-refractivity contribution >= 4 is 28.4 Å². The third-order valence-corrected chi connectivity index (χ3v) is 2.61. The van der Waals surface area contributed by atoms with Crippen molar-refractivity contribution < 1.29 is 0 Å². The number of nitrogen functional groups attached to an aromatic ring is 1. The number of rotatable bonds is 2. The highest BCUT2D eigenvalue weighted by Crippen LogP contribution is 2.22. The number of anilines is 3. The number of nitrogens with zero attached hydrogens (tertiary/aromatic N) is 1. The Morgan fingerprint density at radius 3 is 2.78 bits per heavy atom. The molecule has 18 heavy (non-hydrogen) atoms. The van der Waals surface area contributed by atoms with E-state index in [1.807, 2.05) is 30.3 Å². The van der Waals surface area contributed by atoms with Crippen molar-refractivity contribution in [3.63, 3.8) is 0 Å². The van der Waals surface area contributed by atoms with Crippen LogP contribution in [0.25, 0.3) is 11.0 Å². The number of para-hydroxylation sites is 1. The zero-order chi connectivity index (χ0) is 12.5. The van der Waals surface area contributed by atoms with E-state index in [2.05, 4.69) is 20.3 Å². The first-order valence-electron chi connectivity index (χ1n) is 5.43. The Hall–Kier alpha value is -2.76. The second-order valence-corrected chi connectivity index (χ2v) is 3.87. The van der Waals surface area contributed by atoms with Gasteiger partial charge in [-0.15, -0.1) is 0 Å². The second-order valence-electron chi connectivity index (χ2n) is 3.87. The van der Waals surface area contributed by atoms with E-state index in [0.717, 1.165) is 5.69 Å². The highest BCUT2D eigenvalue weighted by Gasteiger charge is 2.09. The number of H-pyrrole nitrogens is 2. The van der Waals surface area contributed by atoms with Gasteiger partial charge >= 0.3 is 0 Å². The molecule has 0 spiro atoms. The van der Waals surface area contributed by atoms with Gasteiger partial charge in [-0.05, 0) is 12.1 Å². The van der Waals surface area contributed by atoms with E-state index in [4.69, 9.17) is 5.73 Å². The van der Waals surface area contributed by atoms with Crippen LogP contribution >= 0.6 is 0 Å². The SMILES string of the molecule is Nc1nc2c(Nc3ccccc3)c[nH]c2c(=O)[nH]1. The Labute approximate surface area is 102 Å².